The molecule has 1 aromatic rings. The van der Waals surface area contributed by atoms with E-state index in [2.05, 4.69) is 12.1 Å². The number of allylic oxidation sites excluding steroid dienone is 2. The van der Waals surface area contributed by atoms with Gasteiger partial charge in [0.1, 0.15) is 0 Å². The molecule has 2 heteroatoms. The van der Waals surface area contributed by atoms with E-state index < -0.39 is 0 Å². The normalized spacial score (nSPS) is 32.8. The van der Waals surface area contributed by atoms with Gasteiger partial charge in [-0.1, -0.05) is 23.8 Å². The maximum absolute atomic E-state index is 12.2. The van der Waals surface area contributed by atoms with E-state index >= 15 is 0 Å². The number of nitrogens with two attached hydrogens (primary N) is 1. The summed E-state index contributed by atoms with van der Waals surface area (Å²) in [7, 11) is 0. The van der Waals surface area contributed by atoms with Gasteiger partial charge in [-0.25, -0.2) is 0 Å². The Morgan fingerprint density at radius 1 is 1.33 bits per heavy atom. The van der Waals surface area contributed by atoms with Crippen LogP contribution in [-0.4, -0.2) is 5.78 Å². The average Bonchev–Trinajstić information content (AvgIpc) is 2.95. The number of fused-ring (bicyclic) bond motifs is 5. The summed E-state index contributed by atoms with van der Waals surface area (Å²) in [4.78, 5) is 12.2. The fourth-order valence-corrected chi connectivity index (χ4v) is 4.41. The number of nitrogen functional groups attached to an aromatic ring is 1. The van der Waals surface area contributed by atoms with Crippen molar-refractivity contribution in [3.63, 3.8) is 0 Å². The SMILES string of the molecule is Nc1cccc2c1C(=O)CCC21CC2=CCC1C2. The van der Waals surface area contributed by atoms with E-state index in [0.717, 1.165) is 18.4 Å². The number of hydrogen-bond acceptors (Lipinski definition) is 2. The van der Waals surface area contributed by atoms with Crippen LogP contribution in [0, 0.1) is 5.92 Å². The van der Waals surface area contributed by atoms with Gasteiger partial charge in [0.2, 0.25) is 0 Å². The number of benzene rings is 1. The van der Waals surface area contributed by atoms with E-state index in [1.54, 1.807) is 5.57 Å². The first kappa shape index (κ1) is 10.4. The van der Waals surface area contributed by atoms with E-state index in [1.807, 2.05) is 12.1 Å². The highest BCUT2D eigenvalue weighted by atomic mass is 16.1. The predicted octanol–water partition coefficient (Wildman–Crippen LogP) is 3.22. The molecule has 1 fully saturated rings. The van der Waals surface area contributed by atoms with Crippen molar-refractivity contribution in [1.82, 2.24) is 0 Å². The van der Waals surface area contributed by atoms with Gasteiger partial charge >= 0.3 is 0 Å². The van der Waals surface area contributed by atoms with Gasteiger partial charge in [-0.05, 0) is 43.2 Å². The summed E-state index contributed by atoms with van der Waals surface area (Å²) in [6.45, 7) is 0. The molecule has 0 amide bonds. The lowest BCUT2D eigenvalue weighted by Gasteiger charge is -2.41. The van der Waals surface area contributed by atoms with Gasteiger partial charge in [0.15, 0.2) is 5.78 Å². The standard InChI is InChI=1S/C16H17NO/c17-13-3-1-2-12-15(13)14(18)6-7-16(12)9-10-4-5-11(16)8-10/h1-4,11H,5-9,17H2. The van der Waals surface area contributed by atoms with E-state index in [-0.39, 0.29) is 11.2 Å². The first-order valence-corrected chi connectivity index (χ1v) is 6.81. The molecule has 1 spiro atoms. The molecule has 0 heterocycles. The van der Waals surface area contributed by atoms with Crippen molar-refractivity contribution in [1.29, 1.82) is 0 Å². The predicted molar refractivity (Wildman–Crippen MR) is 71.5 cm³/mol. The lowest BCUT2D eigenvalue weighted by molar-refractivity contribution is 0.0940. The van der Waals surface area contributed by atoms with Crippen molar-refractivity contribution in [3.8, 4) is 0 Å². The highest BCUT2D eigenvalue weighted by molar-refractivity contribution is 6.03. The molecule has 18 heavy (non-hydrogen) atoms. The van der Waals surface area contributed by atoms with Crippen molar-refractivity contribution in [2.45, 2.75) is 37.5 Å². The molecule has 1 aromatic carbocycles. The number of hydrogen-bond donors (Lipinski definition) is 1. The van der Waals surface area contributed by atoms with Crippen molar-refractivity contribution < 1.29 is 4.79 Å². The summed E-state index contributed by atoms with van der Waals surface area (Å²) in [6.07, 6.45) is 7.68. The van der Waals surface area contributed by atoms with Crippen LogP contribution in [0.3, 0.4) is 0 Å². The maximum Gasteiger partial charge on any atom is 0.165 e. The van der Waals surface area contributed by atoms with Gasteiger partial charge in [-0.15, -0.1) is 0 Å². The quantitative estimate of drug-likeness (QED) is 0.558. The third kappa shape index (κ3) is 1.11. The molecule has 3 aliphatic rings. The Morgan fingerprint density at radius 2 is 2.22 bits per heavy atom. The maximum atomic E-state index is 12.2. The third-order valence-corrected chi connectivity index (χ3v) is 5.23. The second-order valence-electron chi connectivity index (χ2n) is 6.03. The highest BCUT2D eigenvalue weighted by Crippen LogP contribution is 2.58. The molecule has 0 aliphatic heterocycles. The average molecular weight is 239 g/mol. The summed E-state index contributed by atoms with van der Waals surface area (Å²) in [5.41, 5.74) is 10.6. The van der Waals surface area contributed by atoms with Crippen LogP contribution in [0.2, 0.25) is 0 Å². The molecular weight excluding hydrogens is 222 g/mol. The van der Waals surface area contributed by atoms with Gasteiger partial charge in [0, 0.05) is 23.1 Å². The highest BCUT2D eigenvalue weighted by Gasteiger charge is 2.51. The number of anilines is 1. The van der Waals surface area contributed by atoms with E-state index in [0.29, 0.717) is 18.0 Å². The van der Waals surface area contributed by atoms with Crippen LogP contribution < -0.4 is 5.73 Å². The molecule has 0 saturated heterocycles. The molecule has 1 saturated carbocycles. The Bertz CT molecular complexity index is 587. The number of carbonyl (C=O) groups excluding carboxylic acids is 1. The minimum atomic E-state index is 0.225. The van der Waals surface area contributed by atoms with Crippen LogP contribution in [-0.2, 0) is 5.41 Å². The molecule has 3 aliphatic carbocycles. The summed E-state index contributed by atoms with van der Waals surface area (Å²) < 4.78 is 0. The lowest BCUT2D eigenvalue weighted by Crippen LogP contribution is -2.37. The summed E-state index contributed by atoms with van der Waals surface area (Å²) >= 11 is 0. The van der Waals surface area contributed by atoms with Crippen LogP contribution in [0.1, 0.15) is 48.0 Å². The fourth-order valence-electron chi connectivity index (χ4n) is 4.41. The largest absolute Gasteiger partial charge is 0.398 e. The molecule has 92 valence electrons. The van der Waals surface area contributed by atoms with Crippen LogP contribution in [0.25, 0.3) is 0 Å². The topological polar surface area (TPSA) is 43.1 Å². The first-order chi connectivity index (χ1) is 8.71. The van der Waals surface area contributed by atoms with Crippen molar-refractivity contribution >= 4 is 11.5 Å². The zero-order valence-electron chi connectivity index (χ0n) is 10.4. The van der Waals surface area contributed by atoms with Crippen LogP contribution in [0.5, 0.6) is 0 Å². The molecule has 2 N–H and O–H groups in total. The first-order valence-electron chi connectivity index (χ1n) is 6.81. The molecule has 2 atom stereocenters. The molecule has 2 unspecified atom stereocenters. The van der Waals surface area contributed by atoms with Crippen molar-refractivity contribution in [2.24, 2.45) is 5.92 Å². The number of carbonyl (C=O) groups is 1. The monoisotopic (exact) mass is 239 g/mol. The second kappa shape index (κ2) is 3.25. The second-order valence-corrected chi connectivity index (χ2v) is 6.03. The van der Waals surface area contributed by atoms with Gasteiger partial charge in [0.05, 0.1) is 0 Å². The van der Waals surface area contributed by atoms with Crippen LogP contribution >= 0.6 is 0 Å². The lowest BCUT2D eigenvalue weighted by atomic mass is 9.62. The Labute approximate surface area is 107 Å². The number of ketones is 1. The molecule has 2 bridgehead atoms. The van der Waals surface area contributed by atoms with Crippen molar-refractivity contribution in [2.75, 3.05) is 5.73 Å². The summed E-state index contributed by atoms with van der Waals surface area (Å²) in [6, 6.07) is 6.02. The van der Waals surface area contributed by atoms with E-state index in [1.165, 1.54) is 18.4 Å². The Morgan fingerprint density at radius 3 is 2.94 bits per heavy atom. The Balaban J connectivity index is 1.95. The minimum absolute atomic E-state index is 0.225. The van der Waals surface area contributed by atoms with Gasteiger partial charge < -0.3 is 5.73 Å². The minimum Gasteiger partial charge on any atom is -0.398 e. The zero-order chi connectivity index (χ0) is 12.3. The molecule has 2 nitrogen and oxygen atoms in total. The van der Waals surface area contributed by atoms with Gasteiger partial charge in [-0.2, -0.15) is 0 Å². The Hall–Kier alpha value is -1.57. The van der Waals surface area contributed by atoms with Gasteiger partial charge in [0.25, 0.3) is 0 Å². The number of rotatable bonds is 0. The van der Waals surface area contributed by atoms with Crippen LogP contribution in [0.4, 0.5) is 5.69 Å². The fraction of sp³-hybridized carbons (Fsp3) is 0.438. The van der Waals surface area contributed by atoms with E-state index in [9.17, 15) is 4.79 Å². The smallest absolute Gasteiger partial charge is 0.165 e. The van der Waals surface area contributed by atoms with Crippen molar-refractivity contribution in [3.05, 3.63) is 41.0 Å². The molecule has 0 radical (unpaired) electrons. The molecule has 4 rings (SSSR count). The Kier molecular flexibility index (Phi) is 1.87. The summed E-state index contributed by atoms with van der Waals surface area (Å²) in [5.74, 6) is 0.951. The molecular formula is C16H17NO. The zero-order valence-corrected chi connectivity index (χ0v) is 10.4. The number of Topliss-reactive ketones (excluding diaryl/α,β-unsaturated/α-hetero) is 1. The van der Waals surface area contributed by atoms with Gasteiger partial charge in [-0.3, -0.25) is 4.79 Å². The third-order valence-electron chi connectivity index (χ3n) is 5.23. The van der Waals surface area contributed by atoms with Crippen LogP contribution in [0.15, 0.2) is 29.8 Å². The van der Waals surface area contributed by atoms with E-state index in [4.69, 9.17) is 5.73 Å². The summed E-state index contributed by atoms with van der Waals surface area (Å²) in [5, 5.41) is 0. The molecule has 0 aromatic heterocycles.